The molecule has 23 heavy (non-hydrogen) atoms. The molecule has 2 heterocycles. The Morgan fingerprint density at radius 3 is 3.00 bits per heavy atom. The number of nitrogens with zero attached hydrogens (tertiary/aromatic N) is 1. The summed E-state index contributed by atoms with van der Waals surface area (Å²) in [7, 11) is 0. The van der Waals surface area contributed by atoms with Crippen molar-refractivity contribution in [2.24, 2.45) is 0 Å². The van der Waals surface area contributed by atoms with E-state index in [1.807, 2.05) is 17.5 Å². The number of aliphatic hydroxyl groups is 1. The Morgan fingerprint density at radius 1 is 1.39 bits per heavy atom. The van der Waals surface area contributed by atoms with Crippen LogP contribution in [0.25, 0.3) is 0 Å². The number of carbonyl (C=O) groups is 2. The van der Waals surface area contributed by atoms with Gasteiger partial charge in [-0.1, -0.05) is 12.5 Å². The maximum Gasteiger partial charge on any atom is 0.321 e. The summed E-state index contributed by atoms with van der Waals surface area (Å²) in [6.45, 7) is 1.70. The molecule has 1 aromatic heterocycles. The highest BCUT2D eigenvalue weighted by Gasteiger charge is 2.24. The van der Waals surface area contributed by atoms with Crippen molar-refractivity contribution in [1.82, 2.24) is 15.5 Å². The SMILES string of the molecule is O=C(CN1CCCCC1CCO)NC(=O)NCCc1cccs1. The van der Waals surface area contributed by atoms with Crippen LogP contribution in [0.1, 0.15) is 30.6 Å². The van der Waals surface area contributed by atoms with Crippen LogP contribution in [0.5, 0.6) is 0 Å². The van der Waals surface area contributed by atoms with Crippen molar-refractivity contribution in [1.29, 1.82) is 0 Å². The molecule has 0 spiro atoms. The lowest BCUT2D eigenvalue weighted by molar-refractivity contribution is -0.122. The molecule has 0 bridgehead atoms. The van der Waals surface area contributed by atoms with E-state index in [9.17, 15) is 9.59 Å². The molecule has 2 rings (SSSR count). The summed E-state index contributed by atoms with van der Waals surface area (Å²) in [6.07, 6.45) is 4.64. The highest BCUT2D eigenvalue weighted by Crippen LogP contribution is 2.18. The zero-order valence-corrected chi connectivity index (χ0v) is 14.1. The fourth-order valence-electron chi connectivity index (χ4n) is 2.89. The molecule has 1 fully saturated rings. The van der Waals surface area contributed by atoms with Crippen LogP contribution in [-0.4, -0.2) is 54.2 Å². The number of imide groups is 1. The molecule has 7 heteroatoms. The van der Waals surface area contributed by atoms with Crippen LogP contribution in [0.2, 0.25) is 0 Å². The summed E-state index contributed by atoms with van der Waals surface area (Å²) in [4.78, 5) is 27.0. The highest BCUT2D eigenvalue weighted by atomic mass is 32.1. The highest BCUT2D eigenvalue weighted by molar-refractivity contribution is 7.09. The molecule has 0 aliphatic carbocycles. The summed E-state index contributed by atoms with van der Waals surface area (Å²) < 4.78 is 0. The lowest BCUT2D eigenvalue weighted by Gasteiger charge is -2.34. The molecule has 0 aromatic carbocycles. The molecule has 6 nitrogen and oxygen atoms in total. The third-order valence-electron chi connectivity index (χ3n) is 4.05. The number of hydrogen-bond donors (Lipinski definition) is 3. The minimum atomic E-state index is -0.442. The molecular weight excluding hydrogens is 314 g/mol. The van der Waals surface area contributed by atoms with Crippen LogP contribution < -0.4 is 10.6 Å². The topological polar surface area (TPSA) is 81.7 Å². The summed E-state index contributed by atoms with van der Waals surface area (Å²) in [5, 5.41) is 16.2. The minimum absolute atomic E-state index is 0.131. The minimum Gasteiger partial charge on any atom is -0.396 e. The van der Waals surface area contributed by atoms with Crippen molar-refractivity contribution >= 4 is 23.3 Å². The molecule has 1 atom stereocenters. The third-order valence-corrected chi connectivity index (χ3v) is 4.98. The maximum absolute atomic E-state index is 12.0. The van der Waals surface area contributed by atoms with Crippen molar-refractivity contribution in [3.63, 3.8) is 0 Å². The summed E-state index contributed by atoms with van der Waals surface area (Å²) in [5.41, 5.74) is 0. The first-order valence-electron chi connectivity index (χ1n) is 8.14. The Balaban J connectivity index is 1.67. The number of carbonyl (C=O) groups excluding carboxylic acids is 2. The van der Waals surface area contributed by atoms with Gasteiger partial charge < -0.3 is 10.4 Å². The van der Waals surface area contributed by atoms with Gasteiger partial charge in [0.25, 0.3) is 0 Å². The van der Waals surface area contributed by atoms with Crippen LogP contribution in [0.3, 0.4) is 0 Å². The van der Waals surface area contributed by atoms with Crippen molar-refractivity contribution in [3.8, 4) is 0 Å². The van der Waals surface area contributed by atoms with Crippen LogP contribution in [0.4, 0.5) is 4.79 Å². The monoisotopic (exact) mass is 339 g/mol. The van der Waals surface area contributed by atoms with Gasteiger partial charge in [-0.3, -0.25) is 15.0 Å². The first-order valence-corrected chi connectivity index (χ1v) is 9.02. The summed E-state index contributed by atoms with van der Waals surface area (Å²) in [5.74, 6) is -0.288. The van der Waals surface area contributed by atoms with Gasteiger partial charge in [0.2, 0.25) is 5.91 Å². The fraction of sp³-hybridized carbons (Fsp3) is 0.625. The van der Waals surface area contributed by atoms with E-state index in [-0.39, 0.29) is 25.1 Å². The molecular formula is C16H25N3O3S. The Hall–Kier alpha value is -1.44. The lowest BCUT2D eigenvalue weighted by Crippen LogP contribution is -2.49. The zero-order chi connectivity index (χ0) is 16.5. The average Bonchev–Trinajstić information content (AvgIpc) is 3.02. The Kier molecular flexibility index (Phi) is 7.51. The predicted octanol–water partition coefficient (Wildman–Crippen LogP) is 1.35. The van der Waals surface area contributed by atoms with Crippen LogP contribution in [0.15, 0.2) is 17.5 Å². The van der Waals surface area contributed by atoms with Gasteiger partial charge in [-0.05, 0) is 43.7 Å². The number of aliphatic hydroxyl groups excluding tert-OH is 1. The maximum atomic E-state index is 12.0. The van der Waals surface area contributed by atoms with Crippen molar-refractivity contribution in [2.45, 2.75) is 38.1 Å². The molecule has 128 valence electrons. The summed E-state index contributed by atoms with van der Waals surface area (Å²) >= 11 is 1.65. The van der Waals surface area contributed by atoms with Gasteiger partial charge in [0, 0.05) is 24.1 Å². The van der Waals surface area contributed by atoms with Crippen LogP contribution >= 0.6 is 11.3 Å². The quantitative estimate of drug-likeness (QED) is 0.700. The number of piperidine rings is 1. The number of nitrogens with one attached hydrogen (secondary N) is 2. The van der Waals surface area contributed by atoms with E-state index >= 15 is 0 Å². The first-order chi connectivity index (χ1) is 11.2. The molecule has 1 unspecified atom stereocenters. The van der Waals surface area contributed by atoms with Gasteiger partial charge in [-0.2, -0.15) is 0 Å². The molecule has 3 N–H and O–H groups in total. The molecule has 1 aliphatic rings. The van der Waals surface area contributed by atoms with Crippen LogP contribution in [-0.2, 0) is 11.2 Å². The normalized spacial score (nSPS) is 18.6. The molecule has 1 aliphatic heterocycles. The van der Waals surface area contributed by atoms with Crippen molar-refractivity contribution in [2.75, 3.05) is 26.2 Å². The van der Waals surface area contributed by atoms with Gasteiger partial charge in [0.1, 0.15) is 0 Å². The van der Waals surface area contributed by atoms with Gasteiger partial charge in [0.05, 0.1) is 6.54 Å². The van der Waals surface area contributed by atoms with Gasteiger partial charge in [-0.15, -0.1) is 11.3 Å². The first kappa shape index (κ1) is 17.9. The van der Waals surface area contributed by atoms with Crippen molar-refractivity contribution in [3.05, 3.63) is 22.4 Å². The lowest BCUT2D eigenvalue weighted by atomic mass is 10.00. The van der Waals surface area contributed by atoms with E-state index in [0.717, 1.165) is 32.2 Å². The molecule has 1 aromatic rings. The number of rotatable bonds is 7. The zero-order valence-electron chi connectivity index (χ0n) is 13.3. The largest absolute Gasteiger partial charge is 0.396 e. The number of likely N-dealkylation sites (tertiary alicyclic amines) is 1. The number of amides is 3. The standard InChI is InChI=1S/C16H25N3O3S/c20-10-7-13-4-1-2-9-19(13)12-15(21)18-16(22)17-8-6-14-5-3-11-23-14/h3,5,11,13,20H,1-2,4,6-10,12H2,(H2,17,18,21,22). The number of thiophene rings is 1. The Bertz CT molecular complexity index is 491. The van der Waals surface area contributed by atoms with E-state index in [4.69, 9.17) is 5.11 Å². The van der Waals surface area contributed by atoms with E-state index in [2.05, 4.69) is 15.5 Å². The van der Waals surface area contributed by atoms with E-state index < -0.39 is 6.03 Å². The smallest absolute Gasteiger partial charge is 0.321 e. The molecule has 3 amide bonds. The van der Waals surface area contributed by atoms with Gasteiger partial charge >= 0.3 is 6.03 Å². The summed E-state index contributed by atoms with van der Waals surface area (Å²) in [6, 6.07) is 3.79. The molecule has 0 saturated carbocycles. The third kappa shape index (κ3) is 6.29. The second kappa shape index (κ2) is 9.64. The van der Waals surface area contributed by atoms with Gasteiger partial charge in [0.15, 0.2) is 0 Å². The Morgan fingerprint density at radius 2 is 2.26 bits per heavy atom. The van der Waals surface area contributed by atoms with E-state index in [1.54, 1.807) is 11.3 Å². The predicted molar refractivity (Wildman–Crippen MR) is 90.5 cm³/mol. The Labute approximate surface area is 140 Å². The van der Waals surface area contributed by atoms with Crippen molar-refractivity contribution < 1.29 is 14.7 Å². The molecule has 0 radical (unpaired) electrons. The van der Waals surface area contributed by atoms with E-state index in [1.165, 1.54) is 4.88 Å². The second-order valence-corrected chi connectivity index (χ2v) is 6.80. The average molecular weight is 339 g/mol. The number of hydrogen-bond acceptors (Lipinski definition) is 5. The molecule has 1 saturated heterocycles. The fourth-order valence-corrected chi connectivity index (χ4v) is 3.60. The van der Waals surface area contributed by atoms with Gasteiger partial charge in [-0.25, -0.2) is 4.79 Å². The number of urea groups is 1. The van der Waals surface area contributed by atoms with E-state index in [0.29, 0.717) is 13.0 Å². The van der Waals surface area contributed by atoms with Crippen LogP contribution in [0, 0.1) is 0 Å². The second-order valence-electron chi connectivity index (χ2n) is 5.77.